The minimum Gasteiger partial charge on any atom is -0.444 e. The van der Waals surface area contributed by atoms with Gasteiger partial charge in [0, 0.05) is 32.4 Å². The number of halogens is 1. The van der Waals surface area contributed by atoms with Crippen LogP contribution in [0.5, 0.6) is 0 Å². The Hall–Kier alpha value is -2.18. The Balaban J connectivity index is 1.97. The first-order chi connectivity index (χ1) is 10.8. The van der Waals surface area contributed by atoms with Crippen molar-refractivity contribution in [1.82, 2.24) is 14.8 Å². The first-order valence-electron chi connectivity index (χ1n) is 7.65. The van der Waals surface area contributed by atoms with Gasteiger partial charge in [0.05, 0.1) is 5.56 Å². The van der Waals surface area contributed by atoms with Gasteiger partial charge >= 0.3 is 6.09 Å². The lowest BCUT2D eigenvalue weighted by Gasteiger charge is -2.26. The van der Waals surface area contributed by atoms with Gasteiger partial charge in [0.15, 0.2) is 0 Å². The van der Waals surface area contributed by atoms with Crippen molar-refractivity contribution in [3.8, 4) is 0 Å². The average Bonchev–Trinajstić information content (AvgIpc) is 2.71. The predicted molar refractivity (Wildman–Crippen MR) is 82.5 cm³/mol. The van der Waals surface area contributed by atoms with Crippen molar-refractivity contribution in [2.24, 2.45) is 0 Å². The second-order valence-corrected chi connectivity index (χ2v) is 6.48. The van der Waals surface area contributed by atoms with Crippen LogP contribution in [0.4, 0.5) is 9.18 Å². The molecule has 0 N–H and O–H groups in total. The summed E-state index contributed by atoms with van der Waals surface area (Å²) in [5.41, 5.74) is -0.198. The fourth-order valence-electron chi connectivity index (χ4n) is 2.31. The fraction of sp³-hybridized carbons (Fsp3) is 0.562. The molecule has 1 aliphatic heterocycles. The first-order valence-corrected chi connectivity index (χ1v) is 7.65. The summed E-state index contributed by atoms with van der Waals surface area (Å²) in [5, 5.41) is 0. The summed E-state index contributed by atoms with van der Waals surface area (Å²) in [6.45, 7) is 7.36. The van der Waals surface area contributed by atoms with Crippen LogP contribution >= 0.6 is 0 Å². The van der Waals surface area contributed by atoms with E-state index in [1.54, 1.807) is 9.80 Å². The molecule has 7 heteroatoms. The molecule has 1 saturated heterocycles. The number of ether oxygens (including phenoxy) is 1. The van der Waals surface area contributed by atoms with Gasteiger partial charge in [-0.05, 0) is 39.3 Å². The van der Waals surface area contributed by atoms with E-state index in [0.717, 1.165) is 6.07 Å². The van der Waals surface area contributed by atoms with Crippen LogP contribution in [0.2, 0.25) is 0 Å². The molecule has 0 saturated carbocycles. The third-order valence-electron chi connectivity index (χ3n) is 3.41. The summed E-state index contributed by atoms with van der Waals surface area (Å²) in [7, 11) is 0. The Morgan fingerprint density at radius 1 is 1.13 bits per heavy atom. The standard InChI is InChI=1S/C16H22FN3O3/c1-16(2,3)23-15(22)20-8-4-7-19(9-10-20)14(21)12-5-6-13(17)18-11-12/h5-6,11H,4,7-10H2,1-3H3. The lowest BCUT2D eigenvalue weighted by Crippen LogP contribution is -2.40. The second-order valence-electron chi connectivity index (χ2n) is 6.48. The molecule has 0 unspecified atom stereocenters. The van der Waals surface area contributed by atoms with Crippen LogP contribution in [0.3, 0.4) is 0 Å². The summed E-state index contributed by atoms with van der Waals surface area (Å²) in [6.07, 6.45) is 1.53. The maximum atomic E-state index is 12.8. The maximum Gasteiger partial charge on any atom is 0.410 e. The largest absolute Gasteiger partial charge is 0.444 e. The van der Waals surface area contributed by atoms with Gasteiger partial charge in [-0.2, -0.15) is 4.39 Å². The molecule has 2 amide bonds. The highest BCUT2D eigenvalue weighted by molar-refractivity contribution is 5.93. The van der Waals surface area contributed by atoms with E-state index in [4.69, 9.17) is 4.74 Å². The van der Waals surface area contributed by atoms with Gasteiger partial charge in [-0.1, -0.05) is 0 Å². The zero-order valence-corrected chi connectivity index (χ0v) is 13.7. The van der Waals surface area contributed by atoms with E-state index in [9.17, 15) is 14.0 Å². The van der Waals surface area contributed by atoms with Crippen molar-refractivity contribution in [2.75, 3.05) is 26.2 Å². The smallest absolute Gasteiger partial charge is 0.410 e. The summed E-state index contributed by atoms with van der Waals surface area (Å²) in [4.78, 5) is 31.3. The number of hydrogen-bond acceptors (Lipinski definition) is 4. The molecule has 0 aromatic carbocycles. The normalized spacial score (nSPS) is 16.0. The summed E-state index contributed by atoms with van der Waals surface area (Å²) in [5.74, 6) is -0.822. The van der Waals surface area contributed by atoms with Gasteiger partial charge in [-0.25, -0.2) is 9.78 Å². The van der Waals surface area contributed by atoms with Crippen molar-refractivity contribution in [3.05, 3.63) is 29.8 Å². The van der Waals surface area contributed by atoms with Crippen molar-refractivity contribution in [3.63, 3.8) is 0 Å². The minimum absolute atomic E-state index is 0.205. The number of aromatic nitrogens is 1. The van der Waals surface area contributed by atoms with Gasteiger partial charge in [-0.3, -0.25) is 4.79 Å². The quantitative estimate of drug-likeness (QED) is 0.744. The van der Waals surface area contributed by atoms with Crippen LogP contribution in [0.15, 0.2) is 18.3 Å². The van der Waals surface area contributed by atoms with E-state index in [1.165, 1.54) is 12.3 Å². The number of amides is 2. The van der Waals surface area contributed by atoms with Gasteiger partial charge < -0.3 is 14.5 Å². The molecule has 1 aromatic rings. The van der Waals surface area contributed by atoms with Crippen molar-refractivity contribution in [2.45, 2.75) is 32.8 Å². The molecule has 0 bridgehead atoms. The lowest BCUT2D eigenvalue weighted by atomic mass is 10.2. The average molecular weight is 323 g/mol. The molecule has 0 spiro atoms. The zero-order valence-electron chi connectivity index (χ0n) is 13.7. The Labute approximate surface area is 135 Å². The first kappa shape index (κ1) is 17.2. The fourth-order valence-corrected chi connectivity index (χ4v) is 2.31. The van der Waals surface area contributed by atoms with Crippen LogP contribution in [-0.2, 0) is 4.74 Å². The molecule has 1 fully saturated rings. The highest BCUT2D eigenvalue weighted by Crippen LogP contribution is 2.13. The molecule has 0 radical (unpaired) electrons. The van der Waals surface area contributed by atoms with Crippen molar-refractivity contribution < 1.29 is 18.7 Å². The minimum atomic E-state index is -0.617. The number of carbonyl (C=O) groups is 2. The van der Waals surface area contributed by atoms with Gasteiger partial charge in [0.1, 0.15) is 5.60 Å². The Bertz CT molecular complexity index is 569. The van der Waals surface area contributed by atoms with E-state index in [-0.39, 0.29) is 12.0 Å². The van der Waals surface area contributed by atoms with Gasteiger partial charge in [0.2, 0.25) is 5.95 Å². The molecule has 2 heterocycles. The van der Waals surface area contributed by atoms with Crippen LogP contribution in [0.25, 0.3) is 0 Å². The number of nitrogens with zero attached hydrogens (tertiary/aromatic N) is 3. The summed E-state index contributed by atoms with van der Waals surface area (Å²) >= 11 is 0. The molecule has 0 atom stereocenters. The van der Waals surface area contributed by atoms with Crippen molar-refractivity contribution in [1.29, 1.82) is 0 Å². The van der Waals surface area contributed by atoms with Gasteiger partial charge in [0.25, 0.3) is 5.91 Å². The highest BCUT2D eigenvalue weighted by Gasteiger charge is 2.26. The van der Waals surface area contributed by atoms with E-state index < -0.39 is 11.5 Å². The van der Waals surface area contributed by atoms with Crippen LogP contribution in [0, 0.1) is 5.95 Å². The molecular formula is C16H22FN3O3. The Morgan fingerprint density at radius 3 is 2.39 bits per heavy atom. The number of rotatable bonds is 1. The third kappa shape index (κ3) is 4.91. The Kier molecular flexibility index (Phi) is 5.18. The van der Waals surface area contributed by atoms with Gasteiger partial charge in [-0.15, -0.1) is 0 Å². The molecule has 126 valence electrons. The summed E-state index contributed by atoms with van der Waals surface area (Å²) < 4.78 is 18.2. The number of carbonyl (C=O) groups excluding carboxylic acids is 2. The molecular weight excluding hydrogens is 301 g/mol. The van der Waals surface area contributed by atoms with E-state index in [0.29, 0.717) is 38.2 Å². The molecule has 1 aliphatic rings. The highest BCUT2D eigenvalue weighted by atomic mass is 19.1. The summed E-state index contributed by atoms with van der Waals surface area (Å²) in [6, 6.07) is 2.58. The van der Waals surface area contributed by atoms with Crippen LogP contribution in [-0.4, -0.2) is 58.6 Å². The van der Waals surface area contributed by atoms with Crippen LogP contribution in [0.1, 0.15) is 37.6 Å². The molecule has 6 nitrogen and oxygen atoms in total. The topological polar surface area (TPSA) is 62.7 Å². The van der Waals surface area contributed by atoms with Crippen LogP contribution < -0.4 is 0 Å². The van der Waals surface area contributed by atoms with E-state index in [2.05, 4.69) is 4.98 Å². The molecule has 23 heavy (non-hydrogen) atoms. The molecule has 1 aromatic heterocycles. The third-order valence-corrected chi connectivity index (χ3v) is 3.41. The second kappa shape index (κ2) is 6.93. The predicted octanol–water partition coefficient (Wildman–Crippen LogP) is 2.30. The van der Waals surface area contributed by atoms with Crippen molar-refractivity contribution >= 4 is 12.0 Å². The number of hydrogen-bond donors (Lipinski definition) is 0. The molecule has 0 aliphatic carbocycles. The number of pyridine rings is 1. The Morgan fingerprint density at radius 2 is 1.78 bits per heavy atom. The van der Waals surface area contributed by atoms with E-state index in [1.807, 2.05) is 20.8 Å². The lowest BCUT2D eigenvalue weighted by molar-refractivity contribution is 0.0255. The maximum absolute atomic E-state index is 12.8. The zero-order chi connectivity index (χ0) is 17.0. The van der Waals surface area contributed by atoms with E-state index >= 15 is 0 Å². The monoisotopic (exact) mass is 323 g/mol. The SMILES string of the molecule is CC(C)(C)OC(=O)N1CCCN(C(=O)c2ccc(F)nc2)CC1. The molecule has 2 rings (SSSR count).